The number of nitrogens with one attached hydrogen (secondary N) is 1. The topological polar surface area (TPSA) is 75.7 Å². The fourth-order valence-electron chi connectivity index (χ4n) is 3.09. The van der Waals surface area contributed by atoms with E-state index >= 15 is 0 Å². The second kappa shape index (κ2) is 7.37. The SMILES string of the molecule is O=C(C=Cc1ccoc1)Nc1ccc2c(c1)CN(C(=O)c1ccco1)CC2. The molecule has 27 heavy (non-hydrogen) atoms. The Morgan fingerprint density at radius 2 is 2.04 bits per heavy atom. The molecule has 0 bridgehead atoms. The lowest BCUT2D eigenvalue weighted by Gasteiger charge is -2.28. The third-order valence-electron chi connectivity index (χ3n) is 4.48. The minimum Gasteiger partial charge on any atom is -0.472 e. The summed E-state index contributed by atoms with van der Waals surface area (Å²) in [5.74, 6) is -0.00842. The van der Waals surface area contributed by atoms with Gasteiger partial charge in [0.05, 0.1) is 18.8 Å². The number of nitrogens with zero attached hydrogens (tertiary/aromatic N) is 1. The first-order valence-electron chi connectivity index (χ1n) is 8.65. The molecule has 0 saturated carbocycles. The van der Waals surface area contributed by atoms with Crippen molar-refractivity contribution in [3.8, 4) is 0 Å². The summed E-state index contributed by atoms with van der Waals surface area (Å²) in [6.07, 6.45) is 8.52. The molecule has 1 aromatic carbocycles. The molecular formula is C21H18N2O4. The van der Waals surface area contributed by atoms with E-state index in [0.717, 1.165) is 17.5 Å². The molecule has 1 aliphatic rings. The largest absolute Gasteiger partial charge is 0.472 e. The summed E-state index contributed by atoms with van der Waals surface area (Å²) >= 11 is 0. The van der Waals surface area contributed by atoms with E-state index in [-0.39, 0.29) is 11.8 Å². The summed E-state index contributed by atoms with van der Waals surface area (Å²) in [6, 6.07) is 10.9. The number of carbonyl (C=O) groups excluding carboxylic acids is 2. The Kier molecular flexibility index (Phi) is 4.61. The molecular weight excluding hydrogens is 344 g/mol. The van der Waals surface area contributed by atoms with Crippen molar-refractivity contribution in [2.24, 2.45) is 0 Å². The van der Waals surface area contributed by atoms with E-state index in [0.29, 0.717) is 24.5 Å². The third kappa shape index (κ3) is 3.84. The van der Waals surface area contributed by atoms with Crippen LogP contribution in [-0.2, 0) is 17.8 Å². The number of benzene rings is 1. The summed E-state index contributed by atoms with van der Waals surface area (Å²) in [5, 5.41) is 2.85. The summed E-state index contributed by atoms with van der Waals surface area (Å²) in [5.41, 5.74) is 3.73. The zero-order chi connectivity index (χ0) is 18.6. The van der Waals surface area contributed by atoms with Gasteiger partial charge in [-0.3, -0.25) is 9.59 Å². The average molecular weight is 362 g/mol. The van der Waals surface area contributed by atoms with E-state index in [4.69, 9.17) is 8.83 Å². The fourth-order valence-corrected chi connectivity index (χ4v) is 3.09. The number of rotatable bonds is 4. The zero-order valence-electron chi connectivity index (χ0n) is 14.6. The lowest BCUT2D eigenvalue weighted by Crippen LogP contribution is -2.35. The summed E-state index contributed by atoms with van der Waals surface area (Å²) < 4.78 is 10.2. The van der Waals surface area contributed by atoms with Crippen molar-refractivity contribution >= 4 is 23.6 Å². The standard InChI is InChI=1S/C21H18N2O4/c24-20(6-3-15-8-11-26-14-15)22-18-5-4-16-7-9-23(13-17(16)12-18)21(25)19-2-1-10-27-19/h1-6,8,10-12,14H,7,9,13H2,(H,22,24). The van der Waals surface area contributed by atoms with Gasteiger partial charge in [-0.05, 0) is 54.0 Å². The van der Waals surface area contributed by atoms with Gasteiger partial charge in [0.15, 0.2) is 5.76 Å². The van der Waals surface area contributed by atoms with Gasteiger partial charge in [-0.25, -0.2) is 0 Å². The quantitative estimate of drug-likeness (QED) is 0.718. The van der Waals surface area contributed by atoms with Gasteiger partial charge < -0.3 is 19.1 Å². The molecule has 0 fully saturated rings. The minimum atomic E-state index is -0.226. The molecule has 1 aliphatic heterocycles. The maximum Gasteiger partial charge on any atom is 0.289 e. The van der Waals surface area contributed by atoms with Gasteiger partial charge in [-0.2, -0.15) is 0 Å². The van der Waals surface area contributed by atoms with Crippen LogP contribution in [0.1, 0.15) is 27.2 Å². The van der Waals surface area contributed by atoms with Crippen LogP contribution in [0.25, 0.3) is 6.08 Å². The van der Waals surface area contributed by atoms with Crippen molar-refractivity contribution in [3.05, 3.63) is 83.7 Å². The van der Waals surface area contributed by atoms with Gasteiger partial charge in [0.2, 0.25) is 5.91 Å². The van der Waals surface area contributed by atoms with Gasteiger partial charge in [-0.15, -0.1) is 0 Å². The second-order valence-electron chi connectivity index (χ2n) is 6.32. The van der Waals surface area contributed by atoms with Crippen molar-refractivity contribution in [2.45, 2.75) is 13.0 Å². The first-order chi connectivity index (χ1) is 13.2. The first-order valence-corrected chi connectivity index (χ1v) is 8.65. The van der Waals surface area contributed by atoms with Crippen LogP contribution in [0.2, 0.25) is 0 Å². The molecule has 0 aliphatic carbocycles. The molecule has 6 nitrogen and oxygen atoms in total. The van der Waals surface area contributed by atoms with Gasteiger partial charge in [0.1, 0.15) is 0 Å². The van der Waals surface area contributed by atoms with Crippen molar-refractivity contribution in [3.63, 3.8) is 0 Å². The predicted octanol–water partition coefficient (Wildman–Crippen LogP) is 3.72. The van der Waals surface area contributed by atoms with Gasteiger partial charge in [-0.1, -0.05) is 6.07 Å². The van der Waals surface area contributed by atoms with E-state index in [1.807, 2.05) is 18.2 Å². The molecule has 4 rings (SSSR count). The summed E-state index contributed by atoms with van der Waals surface area (Å²) in [4.78, 5) is 26.3. The van der Waals surface area contributed by atoms with Crippen LogP contribution in [0.15, 0.2) is 70.1 Å². The van der Waals surface area contributed by atoms with Crippen LogP contribution in [0.4, 0.5) is 5.69 Å². The van der Waals surface area contributed by atoms with E-state index in [1.165, 1.54) is 17.9 Å². The van der Waals surface area contributed by atoms with E-state index in [1.54, 1.807) is 41.7 Å². The summed E-state index contributed by atoms with van der Waals surface area (Å²) in [7, 11) is 0. The molecule has 3 heterocycles. The number of amides is 2. The normalized spacial score (nSPS) is 13.6. The van der Waals surface area contributed by atoms with Crippen LogP contribution >= 0.6 is 0 Å². The molecule has 0 spiro atoms. The highest BCUT2D eigenvalue weighted by Gasteiger charge is 2.23. The molecule has 1 N–H and O–H groups in total. The molecule has 136 valence electrons. The lowest BCUT2D eigenvalue weighted by atomic mass is 9.99. The molecule has 0 atom stereocenters. The van der Waals surface area contributed by atoms with Crippen molar-refractivity contribution in [1.29, 1.82) is 0 Å². The highest BCUT2D eigenvalue weighted by molar-refractivity contribution is 6.02. The molecule has 0 saturated heterocycles. The molecule has 2 aromatic heterocycles. The number of anilines is 1. The first kappa shape index (κ1) is 16.9. The van der Waals surface area contributed by atoms with Gasteiger partial charge in [0, 0.05) is 30.4 Å². The monoisotopic (exact) mass is 362 g/mol. The van der Waals surface area contributed by atoms with Gasteiger partial charge >= 0.3 is 0 Å². The minimum absolute atomic E-state index is 0.122. The van der Waals surface area contributed by atoms with Crippen LogP contribution in [0, 0.1) is 0 Å². The zero-order valence-corrected chi connectivity index (χ0v) is 14.6. The molecule has 2 amide bonds. The second-order valence-corrected chi connectivity index (χ2v) is 6.32. The van der Waals surface area contributed by atoms with Crippen LogP contribution < -0.4 is 5.32 Å². The Morgan fingerprint density at radius 1 is 1.11 bits per heavy atom. The number of hydrogen-bond donors (Lipinski definition) is 1. The highest BCUT2D eigenvalue weighted by atomic mass is 16.3. The Bertz CT molecular complexity index is 972. The lowest BCUT2D eigenvalue weighted by molar-refractivity contribution is -0.111. The maximum absolute atomic E-state index is 12.5. The van der Waals surface area contributed by atoms with Gasteiger partial charge in [0.25, 0.3) is 5.91 Å². The fraction of sp³-hybridized carbons (Fsp3) is 0.143. The van der Waals surface area contributed by atoms with E-state index in [2.05, 4.69) is 5.32 Å². The number of carbonyl (C=O) groups is 2. The summed E-state index contributed by atoms with van der Waals surface area (Å²) in [6.45, 7) is 1.13. The number of hydrogen-bond acceptors (Lipinski definition) is 4. The number of fused-ring (bicyclic) bond motifs is 1. The highest BCUT2D eigenvalue weighted by Crippen LogP contribution is 2.24. The van der Waals surface area contributed by atoms with E-state index < -0.39 is 0 Å². The van der Waals surface area contributed by atoms with Crippen LogP contribution in [0.3, 0.4) is 0 Å². The molecule has 3 aromatic rings. The Labute approximate surface area is 156 Å². The Morgan fingerprint density at radius 3 is 2.81 bits per heavy atom. The molecule has 0 unspecified atom stereocenters. The number of furan rings is 2. The Balaban J connectivity index is 1.44. The third-order valence-corrected chi connectivity index (χ3v) is 4.48. The molecule has 6 heteroatoms. The predicted molar refractivity (Wildman–Crippen MR) is 100.0 cm³/mol. The maximum atomic E-state index is 12.5. The average Bonchev–Trinajstić information content (AvgIpc) is 3.39. The van der Waals surface area contributed by atoms with Crippen molar-refractivity contribution in [2.75, 3.05) is 11.9 Å². The van der Waals surface area contributed by atoms with Crippen LogP contribution in [0.5, 0.6) is 0 Å². The smallest absolute Gasteiger partial charge is 0.289 e. The van der Waals surface area contributed by atoms with Crippen molar-refractivity contribution < 1.29 is 18.4 Å². The van der Waals surface area contributed by atoms with E-state index in [9.17, 15) is 9.59 Å². The van der Waals surface area contributed by atoms with Crippen LogP contribution in [-0.4, -0.2) is 23.3 Å². The Hall–Kier alpha value is -3.54. The van der Waals surface area contributed by atoms with Crippen molar-refractivity contribution in [1.82, 2.24) is 4.90 Å². The molecule has 0 radical (unpaired) electrons.